The number of hydrogen-bond donors (Lipinski definition) is 1. The van der Waals surface area contributed by atoms with Gasteiger partial charge in [0.05, 0.1) is 12.6 Å². The third kappa shape index (κ3) is 12.9. The van der Waals surface area contributed by atoms with E-state index in [0.29, 0.717) is 13.0 Å². The second-order valence-corrected chi connectivity index (χ2v) is 6.10. The third-order valence-corrected chi connectivity index (χ3v) is 4.21. The van der Waals surface area contributed by atoms with Crippen molar-refractivity contribution in [2.75, 3.05) is 19.0 Å². The van der Waals surface area contributed by atoms with E-state index in [2.05, 4.69) is 28.2 Å². The zero-order chi connectivity index (χ0) is 15.1. The molecule has 1 atom stereocenters. The fourth-order valence-corrected chi connectivity index (χ4v) is 2.57. The minimum atomic E-state index is 0.0889. The summed E-state index contributed by atoms with van der Waals surface area (Å²) >= 11 is 3.38. The van der Waals surface area contributed by atoms with Crippen LogP contribution in [0.1, 0.15) is 71.1 Å². The summed E-state index contributed by atoms with van der Waals surface area (Å²) < 4.78 is 5.05. The molecule has 0 heterocycles. The van der Waals surface area contributed by atoms with Crippen LogP contribution in [0.25, 0.3) is 0 Å². The molecular formula is C16H32BrNO2. The predicted octanol–water partition coefficient (Wildman–Crippen LogP) is 4.43. The molecule has 0 rings (SSSR count). The molecule has 0 aromatic rings. The van der Waals surface area contributed by atoms with Crippen LogP contribution in [0.3, 0.4) is 0 Å². The molecule has 0 aromatic heterocycles. The monoisotopic (exact) mass is 349 g/mol. The average Bonchev–Trinajstić information content (AvgIpc) is 2.45. The molecule has 0 bridgehead atoms. The maximum absolute atomic E-state index is 11.7. The fourth-order valence-electron chi connectivity index (χ4n) is 2.22. The molecule has 1 amide bonds. The SMILES string of the molecule is CCCCCCCCCCCC(=O)NC(CBr)COC. The molecule has 0 aliphatic rings. The summed E-state index contributed by atoms with van der Waals surface area (Å²) in [5.74, 6) is 0.148. The molecule has 1 N–H and O–H groups in total. The predicted molar refractivity (Wildman–Crippen MR) is 89.4 cm³/mol. The summed E-state index contributed by atoms with van der Waals surface area (Å²) in [6, 6.07) is 0.0889. The Morgan fingerprint density at radius 3 is 2.10 bits per heavy atom. The maximum atomic E-state index is 11.7. The molecule has 0 radical (unpaired) electrons. The standard InChI is InChI=1S/C16H32BrNO2/c1-3-4-5-6-7-8-9-10-11-12-16(19)18-15(13-17)14-20-2/h15H,3-14H2,1-2H3,(H,18,19). The van der Waals surface area contributed by atoms with E-state index in [1.165, 1.54) is 51.4 Å². The van der Waals surface area contributed by atoms with Gasteiger partial charge in [-0.15, -0.1) is 0 Å². The van der Waals surface area contributed by atoms with Gasteiger partial charge in [-0.1, -0.05) is 74.2 Å². The van der Waals surface area contributed by atoms with Crippen LogP contribution in [0, 0.1) is 0 Å². The minimum absolute atomic E-state index is 0.0889. The Morgan fingerprint density at radius 1 is 1.05 bits per heavy atom. The largest absolute Gasteiger partial charge is 0.383 e. The first-order valence-corrected chi connectivity index (χ1v) is 9.21. The van der Waals surface area contributed by atoms with E-state index in [1.54, 1.807) is 7.11 Å². The number of methoxy groups -OCH3 is 1. The van der Waals surface area contributed by atoms with Gasteiger partial charge in [-0.2, -0.15) is 0 Å². The first-order valence-electron chi connectivity index (χ1n) is 8.08. The van der Waals surface area contributed by atoms with E-state index in [0.717, 1.165) is 11.8 Å². The van der Waals surface area contributed by atoms with Crippen molar-refractivity contribution in [3.63, 3.8) is 0 Å². The molecule has 0 aliphatic carbocycles. The van der Waals surface area contributed by atoms with E-state index in [4.69, 9.17) is 4.74 Å². The molecule has 3 nitrogen and oxygen atoms in total. The highest BCUT2D eigenvalue weighted by atomic mass is 79.9. The topological polar surface area (TPSA) is 38.3 Å². The smallest absolute Gasteiger partial charge is 0.220 e. The molecule has 0 aromatic carbocycles. The van der Waals surface area contributed by atoms with Gasteiger partial charge < -0.3 is 10.1 Å². The zero-order valence-corrected chi connectivity index (χ0v) is 14.8. The lowest BCUT2D eigenvalue weighted by molar-refractivity contribution is -0.122. The van der Waals surface area contributed by atoms with Crippen molar-refractivity contribution in [3.05, 3.63) is 0 Å². The van der Waals surface area contributed by atoms with Crippen molar-refractivity contribution >= 4 is 21.8 Å². The molecular weight excluding hydrogens is 318 g/mol. The lowest BCUT2D eigenvalue weighted by Gasteiger charge is -2.14. The highest BCUT2D eigenvalue weighted by Gasteiger charge is 2.09. The summed E-state index contributed by atoms with van der Waals surface area (Å²) in [7, 11) is 1.66. The summed E-state index contributed by atoms with van der Waals surface area (Å²) in [5.41, 5.74) is 0. The summed E-state index contributed by atoms with van der Waals surface area (Å²) in [4.78, 5) is 11.7. The molecule has 0 aliphatic heterocycles. The molecule has 4 heteroatoms. The van der Waals surface area contributed by atoms with Crippen molar-refractivity contribution in [3.8, 4) is 0 Å². The van der Waals surface area contributed by atoms with Gasteiger partial charge in [-0.05, 0) is 6.42 Å². The number of rotatable bonds is 14. The Hall–Kier alpha value is -0.0900. The highest BCUT2D eigenvalue weighted by Crippen LogP contribution is 2.10. The molecule has 0 saturated carbocycles. The normalized spacial score (nSPS) is 12.3. The number of carbonyl (C=O) groups is 1. The fraction of sp³-hybridized carbons (Fsp3) is 0.938. The van der Waals surface area contributed by atoms with Gasteiger partial charge in [0.25, 0.3) is 0 Å². The van der Waals surface area contributed by atoms with Gasteiger partial charge in [0.2, 0.25) is 5.91 Å². The first-order chi connectivity index (χ1) is 9.74. The molecule has 0 saturated heterocycles. The number of nitrogens with one attached hydrogen (secondary N) is 1. The van der Waals surface area contributed by atoms with Crippen LogP contribution in [-0.2, 0) is 9.53 Å². The first kappa shape index (κ1) is 19.9. The van der Waals surface area contributed by atoms with Crippen LogP contribution >= 0.6 is 15.9 Å². The van der Waals surface area contributed by atoms with Crippen molar-refractivity contribution in [1.29, 1.82) is 0 Å². The number of amides is 1. The second kappa shape index (κ2) is 15.3. The van der Waals surface area contributed by atoms with Crippen molar-refractivity contribution in [2.45, 2.75) is 77.2 Å². The van der Waals surface area contributed by atoms with Crippen LogP contribution in [0.2, 0.25) is 0 Å². The molecule has 120 valence electrons. The van der Waals surface area contributed by atoms with Gasteiger partial charge in [-0.3, -0.25) is 4.79 Å². The Kier molecular flexibility index (Phi) is 15.2. The summed E-state index contributed by atoms with van der Waals surface area (Å²) in [6.07, 6.45) is 12.2. The Labute approximate surface area is 133 Å². The minimum Gasteiger partial charge on any atom is -0.383 e. The number of carbonyl (C=O) groups excluding carboxylic acids is 1. The lowest BCUT2D eigenvalue weighted by atomic mass is 10.1. The molecule has 1 unspecified atom stereocenters. The highest BCUT2D eigenvalue weighted by molar-refractivity contribution is 9.09. The number of unbranched alkanes of at least 4 members (excludes halogenated alkanes) is 8. The van der Waals surface area contributed by atoms with Crippen LogP contribution in [0.15, 0.2) is 0 Å². The van der Waals surface area contributed by atoms with Gasteiger partial charge in [0.1, 0.15) is 0 Å². The quantitative estimate of drug-likeness (QED) is 0.372. The summed E-state index contributed by atoms with van der Waals surface area (Å²) in [6.45, 7) is 2.81. The average molecular weight is 350 g/mol. The van der Waals surface area contributed by atoms with Crippen LogP contribution < -0.4 is 5.32 Å². The Bertz CT molecular complexity index is 225. The summed E-state index contributed by atoms with van der Waals surface area (Å²) in [5, 5.41) is 3.72. The number of ether oxygens (including phenoxy) is 1. The van der Waals surface area contributed by atoms with Gasteiger partial charge in [-0.25, -0.2) is 0 Å². The van der Waals surface area contributed by atoms with Gasteiger partial charge in [0.15, 0.2) is 0 Å². The van der Waals surface area contributed by atoms with Crippen LogP contribution in [-0.4, -0.2) is 31.0 Å². The van der Waals surface area contributed by atoms with E-state index >= 15 is 0 Å². The number of halogens is 1. The number of alkyl halides is 1. The third-order valence-electron chi connectivity index (χ3n) is 3.43. The van der Waals surface area contributed by atoms with Crippen molar-refractivity contribution in [2.24, 2.45) is 0 Å². The van der Waals surface area contributed by atoms with Crippen molar-refractivity contribution < 1.29 is 9.53 Å². The lowest BCUT2D eigenvalue weighted by Crippen LogP contribution is -2.39. The Morgan fingerprint density at radius 2 is 1.60 bits per heavy atom. The van der Waals surface area contributed by atoms with Gasteiger partial charge in [0, 0.05) is 18.9 Å². The van der Waals surface area contributed by atoms with E-state index in [-0.39, 0.29) is 11.9 Å². The second-order valence-electron chi connectivity index (χ2n) is 5.45. The van der Waals surface area contributed by atoms with Gasteiger partial charge >= 0.3 is 0 Å². The molecule has 20 heavy (non-hydrogen) atoms. The zero-order valence-electron chi connectivity index (χ0n) is 13.3. The van der Waals surface area contributed by atoms with Crippen molar-refractivity contribution in [1.82, 2.24) is 5.32 Å². The van der Waals surface area contributed by atoms with E-state index in [9.17, 15) is 4.79 Å². The van der Waals surface area contributed by atoms with Crippen LogP contribution in [0.5, 0.6) is 0 Å². The van der Waals surface area contributed by atoms with E-state index in [1.807, 2.05) is 0 Å². The van der Waals surface area contributed by atoms with E-state index < -0.39 is 0 Å². The molecule has 0 spiro atoms. The maximum Gasteiger partial charge on any atom is 0.220 e. The van der Waals surface area contributed by atoms with Crippen LogP contribution in [0.4, 0.5) is 0 Å². The molecule has 0 fully saturated rings. The Balaban J connectivity index is 3.34. The number of hydrogen-bond acceptors (Lipinski definition) is 2.